The fourth-order valence-corrected chi connectivity index (χ4v) is 3.31. The highest BCUT2D eigenvalue weighted by Gasteiger charge is 2.30. The summed E-state index contributed by atoms with van der Waals surface area (Å²) < 4.78 is 11.0. The van der Waals surface area contributed by atoms with E-state index in [1.54, 1.807) is 6.26 Å². The lowest BCUT2D eigenvalue weighted by molar-refractivity contribution is 0.0199. The van der Waals surface area contributed by atoms with E-state index in [0.717, 1.165) is 30.8 Å². The van der Waals surface area contributed by atoms with Crippen LogP contribution in [0.1, 0.15) is 30.1 Å². The quantitative estimate of drug-likeness (QED) is 0.911. The van der Waals surface area contributed by atoms with Gasteiger partial charge in [-0.25, -0.2) is 0 Å². The van der Waals surface area contributed by atoms with E-state index in [1.807, 2.05) is 6.07 Å². The van der Waals surface area contributed by atoms with E-state index in [9.17, 15) is 0 Å². The van der Waals surface area contributed by atoms with Crippen LogP contribution in [0.2, 0.25) is 0 Å². The second-order valence-electron chi connectivity index (χ2n) is 5.54. The first-order valence-corrected chi connectivity index (χ1v) is 7.30. The summed E-state index contributed by atoms with van der Waals surface area (Å²) in [6.07, 6.45) is 5.24. The number of rotatable bonds is 2. The smallest absolute Gasteiger partial charge is 0.124 e. The van der Waals surface area contributed by atoms with E-state index in [0.29, 0.717) is 6.04 Å². The molecule has 1 aromatic carbocycles. The lowest BCUT2D eigenvalue weighted by Crippen LogP contribution is -2.33. The molecule has 1 fully saturated rings. The molecule has 2 aliphatic rings. The van der Waals surface area contributed by atoms with Gasteiger partial charge in [-0.1, -0.05) is 17.3 Å². The number of nitrogens with zero attached hydrogens (tertiary/aromatic N) is 1. The van der Waals surface area contributed by atoms with Gasteiger partial charge in [0.1, 0.15) is 12.0 Å². The fraction of sp³-hybridized carbons (Fsp3) is 0.438. The highest BCUT2D eigenvalue weighted by Crippen LogP contribution is 2.34. The molecule has 2 aromatic rings. The Kier molecular flexibility index (Phi) is 3.05. The van der Waals surface area contributed by atoms with Crippen molar-refractivity contribution in [1.29, 1.82) is 0 Å². The first-order chi connectivity index (χ1) is 9.92. The number of nitrogens with one attached hydrogen (secondary N) is 1. The predicted octanol–water partition coefficient (Wildman–Crippen LogP) is 2.71. The Balaban J connectivity index is 1.69. The van der Waals surface area contributed by atoms with Gasteiger partial charge in [-0.15, -0.1) is 0 Å². The summed E-state index contributed by atoms with van der Waals surface area (Å²) in [7, 11) is 0. The van der Waals surface area contributed by atoms with Gasteiger partial charge in [0.2, 0.25) is 0 Å². The van der Waals surface area contributed by atoms with Crippen LogP contribution in [0.25, 0.3) is 11.3 Å². The predicted molar refractivity (Wildman–Crippen MR) is 75.4 cm³/mol. The van der Waals surface area contributed by atoms with Gasteiger partial charge in [0.05, 0.1) is 12.7 Å². The van der Waals surface area contributed by atoms with Crippen molar-refractivity contribution in [3.05, 3.63) is 41.7 Å². The molecule has 4 rings (SSSR count). The van der Waals surface area contributed by atoms with Crippen LogP contribution in [-0.4, -0.2) is 24.4 Å². The third-order valence-electron chi connectivity index (χ3n) is 4.32. The summed E-state index contributed by atoms with van der Waals surface area (Å²) in [5.74, 6) is 0. The lowest BCUT2D eigenvalue weighted by atomic mass is 9.90. The number of fused-ring (bicyclic) bond motifs is 1. The monoisotopic (exact) mass is 270 g/mol. The molecule has 4 nitrogen and oxygen atoms in total. The number of benzene rings is 1. The van der Waals surface area contributed by atoms with Gasteiger partial charge in [-0.3, -0.25) is 0 Å². The van der Waals surface area contributed by atoms with E-state index in [2.05, 4.69) is 28.7 Å². The zero-order chi connectivity index (χ0) is 13.4. The Morgan fingerprint density at radius 2 is 2.25 bits per heavy atom. The number of aromatic nitrogens is 1. The van der Waals surface area contributed by atoms with Crippen LogP contribution in [-0.2, 0) is 11.2 Å². The molecule has 0 aliphatic carbocycles. The van der Waals surface area contributed by atoms with Gasteiger partial charge in [0, 0.05) is 17.7 Å². The SMILES string of the molecule is c1cc(-c2ccc3c(c2)CCO[C@H]3[C@@H]2CCCN2)no1. The molecule has 1 saturated heterocycles. The minimum Gasteiger partial charge on any atom is -0.372 e. The zero-order valence-corrected chi connectivity index (χ0v) is 11.3. The molecular formula is C16H18N2O2. The maximum absolute atomic E-state index is 6.02. The third kappa shape index (κ3) is 2.05. The third-order valence-corrected chi connectivity index (χ3v) is 4.32. The van der Waals surface area contributed by atoms with Gasteiger partial charge in [0.25, 0.3) is 0 Å². The van der Waals surface area contributed by atoms with E-state index in [4.69, 9.17) is 9.26 Å². The van der Waals surface area contributed by atoms with Crippen LogP contribution in [0.15, 0.2) is 35.1 Å². The van der Waals surface area contributed by atoms with Crippen LogP contribution in [0.5, 0.6) is 0 Å². The van der Waals surface area contributed by atoms with Gasteiger partial charge in [0.15, 0.2) is 0 Å². The normalized spacial score (nSPS) is 25.6. The average molecular weight is 270 g/mol. The highest BCUT2D eigenvalue weighted by atomic mass is 16.5. The molecule has 3 heterocycles. The molecule has 104 valence electrons. The van der Waals surface area contributed by atoms with Crippen LogP contribution in [0, 0.1) is 0 Å². The second kappa shape index (κ2) is 5.04. The Bertz CT molecular complexity index is 589. The van der Waals surface area contributed by atoms with Crippen LogP contribution >= 0.6 is 0 Å². The van der Waals surface area contributed by atoms with Crippen LogP contribution in [0.4, 0.5) is 0 Å². The highest BCUT2D eigenvalue weighted by molar-refractivity contribution is 5.60. The van der Waals surface area contributed by atoms with Crippen molar-refractivity contribution >= 4 is 0 Å². The zero-order valence-electron chi connectivity index (χ0n) is 11.3. The molecule has 0 amide bonds. The molecule has 0 unspecified atom stereocenters. The summed E-state index contributed by atoms with van der Waals surface area (Å²) >= 11 is 0. The summed E-state index contributed by atoms with van der Waals surface area (Å²) in [6, 6.07) is 8.91. The molecule has 2 aliphatic heterocycles. The van der Waals surface area contributed by atoms with Crippen molar-refractivity contribution in [3.63, 3.8) is 0 Å². The van der Waals surface area contributed by atoms with Crippen molar-refractivity contribution < 1.29 is 9.26 Å². The van der Waals surface area contributed by atoms with Gasteiger partial charge < -0.3 is 14.6 Å². The van der Waals surface area contributed by atoms with Crippen molar-refractivity contribution in [2.45, 2.75) is 31.4 Å². The van der Waals surface area contributed by atoms with E-state index >= 15 is 0 Å². The molecular weight excluding hydrogens is 252 g/mol. The first kappa shape index (κ1) is 12.1. The Hall–Kier alpha value is -1.65. The molecule has 1 aromatic heterocycles. The molecule has 0 saturated carbocycles. The van der Waals surface area contributed by atoms with Crippen LogP contribution < -0.4 is 5.32 Å². The van der Waals surface area contributed by atoms with Gasteiger partial charge in [-0.2, -0.15) is 0 Å². The fourth-order valence-electron chi connectivity index (χ4n) is 3.31. The van der Waals surface area contributed by atoms with E-state index < -0.39 is 0 Å². The minimum absolute atomic E-state index is 0.201. The van der Waals surface area contributed by atoms with Gasteiger partial charge >= 0.3 is 0 Å². The molecule has 2 atom stereocenters. The number of ether oxygens (including phenoxy) is 1. The topological polar surface area (TPSA) is 47.3 Å². The molecule has 0 radical (unpaired) electrons. The van der Waals surface area contributed by atoms with E-state index in [1.165, 1.54) is 24.0 Å². The van der Waals surface area contributed by atoms with Crippen molar-refractivity contribution in [3.8, 4) is 11.3 Å². The standard InChI is InChI=1S/C16H18N2O2/c1-2-15(17-7-1)16-13-4-3-12(14-6-9-20-18-14)10-11(13)5-8-19-16/h3-4,6,9-10,15-17H,1-2,5,7-8H2/t15-,16+/m0/s1. The molecule has 0 spiro atoms. The van der Waals surface area contributed by atoms with Crippen molar-refractivity contribution in [2.24, 2.45) is 0 Å². The Labute approximate surface area is 118 Å². The molecule has 1 N–H and O–H groups in total. The second-order valence-corrected chi connectivity index (χ2v) is 5.54. The largest absolute Gasteiger partial charge is 0.372 e. The van der Waals surface area contributed by atoms with Gasteiger partial charge in [-0.05, 0) is 43.0 Å². The summed E-state index contributed by atoms with van der Waals surface area (Å²) in [4.78, 5) is 0. The summed E-state index contributed by atoms with van der Waals surface area (Å²) in [5, 5.41) is 7.57. The lowest BCUT2D eigenvalue weighted by Gasteiger charge is -2.30. The molecule has 0 bridgehead atoms. The van der Waals surface area contributed by atoms with Crippen LogP contribution in [0.3, 0.4) is 0 Å². The van der Waals surface area contributed by atoms with Crippen molar-refractivity contribution in [1.82, 2.24) is 10.5 Å². The summed E-state index contributed by atoms with van der Waals surface area (Å²) in [6.45, 7) is 1.91. The van der Waals surface area contributed by atoms with Crippen molar-refractivity contribution in [2.75, 3.05) is 13.2 Å². The first-order valence-electron chi connectivity index (χ1n) is 7.30. The van der Waals surface area contributed by atoms with E-state index in [-0.39, 0.29) is 6.10 Å². The Morgan fingerprint density at radius 1 is 1.25 bits per heavy atom. The maximum Gasteiger partial charge on any atom is 0.124 e. The maximum atomic E-state index is 6.02. The Morgan fingerprint density at radius 3 is 3.05 bits per heavy atom. The summed E-state index contributed by atoms with van der Waals surface area (Å²) in [5.41, 5.74) is 4.74. The average Bonchev–Trinajstić information content (AvgIpc) is 3.19. The minimum atomic E-state index is 0.201. The number of hydrogen-bond donors (Lipinski definition) is 1. The molecule has 20 heavy (non-hydrogen) atoms. The molecule has 4 heteroatoms. The number of hydrogen-bond acceptors (Lipinski definition) is 4.